The Labute approximate surface area is 56.2 Å². The Morgan fingerprint density at radius 1 is 1.14 bits per heavy atom. The fourth-order valence-electron chi connectivity index (χ4n) is 0.574. The largest absolute Gasteiger partial charge is 0.154 e. The van der Waals surface area contributed by atoms with Crippen LogP contribution in [0.15, 0.2) is 0 Å². The van der Waals surface area contributed by atoms with Crippen LogP contribution in [0.4, 0.5) is 0 Å². The minimum atomic E-state index is 0.991. The molecule has 7 heavy (non-hydrogen) atoms. The second kappa shape index (κ2) is 1.78. The molecular formula is C4H6S3. The molecule has 0 nitrogen and oxygen atoms in total. The predicted octanol–water partition coefficient (Wildman–Crippen LogP) is 1.87. The number of rotatable bonds is 1. The van der Waals surface area contributed by atoms with Gasteiger partial charge in [-0.05, 0) is 0 Å². The SMILES string of the molecule is C1SC(C2CS2)S1. The summed E-state index contributed by atoms with van der Waals surface area (Å²) in [4.78, 5) is 0. The van der Waals surface area contributed by atoms with Gasteiger partial charge in [-0.15, -0.1) is 23.5 Å². The average Bonchev–Trinajstić information content (AvgIpc) is 2.10. The van der Waals surface area contributed by atoms with E-state index >= 15 is 0 Å². The van der Waals surface area contributed by atoms with Crippen molar-refractivity contribution < 1.29 is 0 Å². The van der Waals surface area contributed by atoms with Gasteiger partial charge in [0, 0.05) is 16.1 Å². The molecule has 0 aromatic rings. The summed E-state index contributed by atoms with van der Waals surface area (Å²) in [6, 6.07) is 0. The fraction of sp³-hybridized carbons (Fsp3) is 1.00. The van der Waals surface area contributed by atoms with Crippen molar-refractivity contribution in [3.05, 3.63) is 0 Å². The fourth-order valence-corrected chi connectivity index (χ4v) is 4.02. The number of hydrogen-bond donors (Lipinski definition) is 0. The monoisotopic (exact) mass is 150 g/mol. The lowest BCUT2D eigenvalue weighted by Crippen LogP contribution is -2.13. The molecule has 40 valence electrons. The predicted molar refractivity (Wildman–Crippen MR) is 40.1 cm³/mol. The van der Waals surface area contributed by atoms with Gasteiger partial charge in [-0.3, -0.25) is 0 Å². The zero-order valence-electron chi connectivity index (χ0n) is 3.79. The maximum absolute atomic E-state index is 2.12. The smallest absolute Gasteiger partial charge is 0.0645 e. The topological polar surface area (TPSA) is 0 Å². The third kappa shape index (κ3) is 0.911. The van der Waals surface area contributed by atoms with Gasteiger partial charge in [-0.2, -0.15) is 11.8 Å². The normalized spacial score (nSPS) is 40.3. The highest BCUT2D eigenvalue weighted by Crippen LogP contribution is 2.51. The maximum Gasteiger partial charge on any atom is 0.0645 e. The second-order valence-corrected chi connectivity index (χ2v) is 5.89. The average molecular weight is 150 g/mol. The van der Waals surface area contributed by atoms with E-state index in [1.54, 1.807) is 0 Å². The molecular weight excluding hydrogens is 144 g/mol. The van der Waals surface area contributed by atoms with Crippen molar-refractivity contribution in [3.8, 4) is 0 Å². The van der Waals surface area contributed by atoms with Crippen LogP contribution in [0.2, 0.25) is 0 Å². The first-order chi connectivity index (χ1) is 3.47. The highest BCUT2D eigenvalue weighted by Gasteiger charge is 2.36. The first-order valence-corrected chi connectivity index (χ1v) is 5.46. The van der Waals surface area contributed by atoms with Crippen LogP contribution in [0.1, 0.15) is 0 Å². The molecule has 0 amide bonds. The standard InChI is InChI=1S/C4H6S3/c1-3(5-1)4-6-2-7-4/h3-4H,1-2H2. The van der Waals surface area contributed by atoms with Gasteiger partial charge in [-0.25, -0.2) is 0 Å². The Morgan fingerprint density at radius 2 is 1.86 bits per heavy atom. The van der Waals surface area contributed by atoms with Crippen molar-refractivity contribution in [2.24, 2.45) is 0 Å². The van der Waals surface area contributed by atoms with Gasteiger partial charge in [0.2, 0.25) is 0 Å². The molecule has 0 bridgehead atoms. The zero-order valence-corrected chi connectivity index (χ0v) is 6.24. The summed E-state index contributed by atoms with van der Waals surface area (Å²) in [5.74, 6) is 1.44. The van der Waals surface area contributed by atoms with Crippen molar-refractivity contribution in [1.29, 1.82) is 0 Å². The molecule has 2 aliphatic rings. The molecule has 2 fully saturated rings. The summed E-state index contributed by atoms with van der Waals surface area (Å²) in [5, 5.41) is 2.39. The van der Waals surface area contributed by atoms with E-state index in [2.05, 4.69) is 35.3 Å². The first kappa shape index (κ1) is 4.89. The molecule has 0 aliphatic carbocycles. The zero-order chi connectivity index (χ0) is 4.69. The van der Waals surface area contributed by atoms with Crippen molar-refractivity contribution in [2.75, 3.05) is 10.8 Å². The van der Waals surface area contributed by atoms with Crippen LogP contribution in [0.3, 0.4) is 0 Å². The van der Waals surface area contributed by atoms with Crippen LogP contribution in [0.5, 0.6) is 0 Å². The van der Waals surface area contributed by atoms with Gasteiger partial charge in [0.25, 0.3) is 0 Å². The van der Waals surface area contributed by atoms with Gasteiger partial charge < -0.3 is 0 Å². The number of thioether (sulfide) groups is 3. The van der Waals surface area contributed by atoms with Crippen LogP contribution in [0.25, 0.3) is 0 Å². The van der Waals surface area contributed by atoms with Crippen molar-refractivity contribution >= 4 is 35.3 Å². The Hall–Kier alpha value is 1.05. The Morgan fingerprint density at radius 3 is 2.00 bits per heavy atom. The lowest BCUT2D eigenvalue weighted by atomic mass is 10.6. The van der Waals surface area contributed by atoms with Crippen molar-refractivity contribution in [1.82, 2.24) is 0 Å². The Kier molecular flexibility index (Phi) is 1.24. The third-order valence-electron chi connectivity index (χ3n) is 1.13. The molecule has 1 unspecified atom stereocenters. The Bertz CT molecular complexity index is 75.0. The minimum absolute atomic E-state index is 0.991. The van der Waals surface area contributed by atoms with E-state index in [0.29, 0.717) is 0 Å². The van der Waals surface area contributed by atoms with Gasteiger partial charge >= 0.3 is 0 Å². The van der Waals surface area contributed by atoms with Crippen LogP contribution >= 0.6 is 35.3 Å². The first-order valence-electron chi connectivity index (χ1n) is 2.31. The van der Waals surface area contributed by atoms with Crippen LogP contribution in [0, 0.1) is 0 Å². The van der Waals surface area contributed by atoms with E-state index in [9.17, 15) is 0 Å². The quantitative estimate of drug-likeness (QED) is 0.524. The molecule has 3 heteroatoms. The molecule has 2 heterocycles. The number of hydrogen-bond acceptors (Lipinski definition) is 3. The van der Waals surface area contributed by atoms with E-state index in [1.807, 2.05) is 0 Å². The Balaban J connectivity index is 1.83. The molecule has 0 N–H and O–H groups in total. The van der Waals surface area contributed by atoms with E-state index in [0.717, 1.165) is 9.83 Å². The maximum atomic E-state index is 2.12. The van der Waals surface area contributed by atoms with Crippen LogP contribution in [-0.4, -0.2) is 20.7 Å². The lowest BCUT2D eigenvalue weighted by Gasteiger charge is -2.22. The van der Waals surface area contributed by atoms with Crippen molar-refractivity contribution in [2.45, 2.75) is 9.83 Å². The highest BCUT2D eigenvalue weighted by molar-refractivity contribution is 8.33. The van der Waals surface area contributed by atoms with Gasteiger partial charge in [0.15, 0.2) is 0 Å². The summed E-state index contributed by atoms with van der Waals surface area (Å²) < 4.78 is 0.991. The molecule has 0 radical (unpaired) electrons. The second-order valence-electron chi connectivity index (χ2n) is 1.69. The lowest BCUT2D eigenvalue weighted by molar-refractivity contribution is 1.20. The van der Waals surface area contributed by atoms with E-state index in [-0.39, 0.29) is 0 Å². The summed E-state index contributed by atoms with van der Waals surface area (Å²) in [5.41, 5.74) is 0. The molecule has 0 spiro atoms. The molecule has 2 saturated heterocycles. The van der Waals surface area contributed by atoms with E-state index in [4.69, 9.17) is 0 Å². The van der Waals surface area contributed by atoms with E-state index in [1.165, 1.54) is 10.8 Å². The summed E-state index contributed by atoms with van der Waals surface area (Å²) in [6.07, 6.45) is 0. The van der Waals surface area contributed by atoms with Gasteiger partial charge in [0.1, 0.15) is 0 Å². The molecule has 2 aliphatic heterocycles. The molecule has 0 aromatic carbocycles. The molecule has 0 aromatic heterocycles. The molecule has 1 atom stereocenters. The van der Waals surface area contributed by atoms with Crippen LogP contribution < -0.4 is 0 Å². The molecule has 0 saturated carbocycles. The van der Waals surface area contributed by atoms with E-state index < -0.39 is 0 Å². The minimum Gasteiger partial charge on any atom is -0.154 e. The summed E-state index contributed by atoms with van der Waals surface area (Å²) in [6.45, 7) is 0. The highest BCUT2D eigenvalue weighted by atomic mass is 32.3. The van der Waals surface area contributed by atoms with Gasteiger partial charge in [-0.1, -0.05) is 0 Å². The van der Waals surface area contributed by atoms with Crippen molar-refractivity contribution in [3.63, 3.8) is 0 Å². The van der Waals surface area contributed by atoms with Crippen LogP contribution in [-0.2, 0) is 0 Å². The van der Waals surface area contributed by atoms with Gasteiger partial charge in [0.05, 0.1) is 4.58 Å². The third-order valence-corrected chi connectivity index (χ3v) is 5.68. The summed E-state index contributed by atoms with van der Waals surface area (Å²) in [7, 11) is 0. The molecule has 2 rings (SSSR count). The summed E-state index contributed by atoms with van der Waals surface area (Å²) >= 11 is 6.35.